The summed E-state index contributed by atoms with van der Waals surface area (Å²) in [5.41, 5.74) is 4.55. The summed E-state index contributed by atoms with van der Waals surface area (Å²) >= 11 is 0. The Morgan fingerprint density at radius 1 is 1.09 bits per heavy atom. The van der Waals surface area contributed by atoms with E-state index in [-0.39, 0.29) is 17.7 Å². The van der Waals surface area contributed by atoms with Crippen LogP contribution in [0.3, 0.4) is 0 Å². The van der Waals surface area contributed by atoms with Crippen molar-refractivity contribution in [3.8, 4) is 11.4 Å². The maximum Gasteiger partial charge on any atom is 0.253 e. The highest BCUT2D eigenvalue weighted by Crippen LogP contribution is 2.30. The molecule has 1 aliphatic heterocycles. The van der Waals surface area contributed by atoms with Gasteiger partial charge in [-0.1, -0.05) is 30.3 Å². The van der Waals surface area contributed by atoms with E-state index in [0.29, 0.717) is 36.9 Å². The van der Waals surface area contributed by atoms with E-state index in [9.17, 15) is 9.59 Å². The number of piperidine rings is 1. The van der Waals surface area contributed by atoms with Crippen molar-refractivity contribution < 1.29 is 14.1 Å². The van der Waals surface area contributed by atoms with Gasteiger partial charge in [-0.2, -0.15) is 4.98 Å². The van der Waals surface area contributed by atoms with Crippen LogP contribution in [0.5, 0.6) is 0 Å². The van der Waals surface area contributed by atoms with Crippen molar-refractivity contribution in [2.75, 3.05) is 18.4 Å². The molecule has 166 valence electrons. The summed E-state index contributed by atoms with van der Waals surface area (Å²) in [7, 11) is 0. The lowest BCUT2D eigenvalue weighted by Crippen LogP contribution is -2.38. The minimum Gasteiger partial charge on any atom is -0.339 e. The second-order valence-corrected chi connectivity index (χ2v) is 8.30. The number of aromatic nitrogens is 2. The molecule has 2 heterocycles. The molecule has 2 amide bonds. The van der Waals surface area contributed by atoms with E-state index in [1.54, 1.807) is 0 Å². The fourth-order valence-electron chi connectivity index (χ4n) is 3.89. The van der Waals surface area contributed by atoms with Gasteiger partial charge in [-0.15, -0.1) is 0 Å². The van der Waals surface area contributed by atoms with Crippen LogP contribution in [0.4, 0.5) is 5.69 Å². The molecule has 0 bridgehead atoms. The molecule has 1 fully saturated rings. The molecule has 1 saturated heterocycles. The molecule has 0 radical (unpaired) electrons. The number of aryl methyl sites for hydroxylation is 2. The number of carbonyl (C=O) groups is 2. The third-order valence-corrected chi connectivity index (χ3v) is 6.05. The van der Waals surface area contributed by atoms with Crippen molar-refractivity contribution in [1.82, 2.24) is 15.0 Å². The molecule has 2 aromatic carbocycles. The summed E-state index contributed by atoms with van der Waals surface area (Å²) in [5.74, 6) is 1.26. The molecular weight excluding hydrogens is 404 g/mol. The number of hydrogen-bond acceptors (Lipinski definition) is 5. The first kappa shape index (κ1) is 21.7. The number of carbonyl (C=O) groups excluding carboxylic acids is 2. The van der Waals surface area contributed by atoms with Crippen LogP contribution in [0, 0.1) is 13.8 Å². The lowest BCUT2D eigenvalue weighted by Gasteiger charge is -2.30. The van der Waals surface area contributed by atoms with Crippen molar-refractivity contribution in [2.45, 2.75) is 46.0 Å². The Kier molecular flexibility index (Phi) is 6.35. The van der Waals surface area contributed by atoms with Crippen LogP contribution in [0.1, 0.15) is 59.5 Å². The van der Waals surface area contributed by atoms with Gasteiger partial charge in [0.25, 0.3) is 5.91 Å². The zero-order chi connectivity index (χ0) is 22.7. The molecule has 0 aliphatic carbocycles. The molecule has 7 heteroatoms. The highest BCUT2D eigenvalue weighted by Gasteiger charge is 2.28. The summed E-state index contributed by atoms with van der Waals surface area (Å²) in [6.07, 6.45) is 1.98. The molecule has 1 aliphatic rings. The monoisotopic (exact) mass is 432 g/mol. The van der Waals surface area contributed by atoms with Gasteiger partial charge in [0.15, 0.2) is 0 Å². The minimum absolute atomic E-state index is 0.0435. The number of nitrogens with zero attached hydrogens (tertiary/aromatic N) is 3. The smallest absolute Gasteiger partial charge is 0.253 e. The number of likely N-dealkylation sites (tertiary alicyclic amines) is 1. The van der Waals surface area contributed by atoms with Gasteiger partial charge in [-0.3, -0.25) is 9.59 Å². The fourth-order valence-corrected chi connectivity index (χ4v) is 3.89. The Morgan fingerprint density at radius 3 is 2.59 bits per heavy atom. The molecule has 1 aromatic heterocycles. The molecule has 0 saturated carbocycles. The van der Waals surface area contributed by atoms with Gasteiger partial charge < -0.3 is 14.7 Å². The third-order valence-electron chi connectivity index (χ3n) is 6.05. The van der Waals surface area contributed by atoms with Crippen molar-refractivity contribution in [3.63, 3.8) is 0 Å². The topological polar surface area (TPSA) is 88.3 Å². The average molecular weight is 433 g/mol. The van der Waals surface area contributed by atoms with Gasteiger partial charge >= 0.3 is 0 Å². The third kappa shape index (κ3) is 4.72. The first-order valence-corrected chi connectivity index (χ1v) is 11.0. The number of benzene rings is 2. The second-order valence-electron chi connectivity index (χ2n) is 8.30. The van der Waals surface area contributed by atoms with Gasteiger partial charge in [0.2, 0.25) is 17.6 Å². The predicted molar refractivity (Wildman–Crippen MR) is 122 cm³/mol. The maximum absolute atomic E-state index is 12.9. The Balaban J connectivity index is 1.40. The summed E-state index contributed by atoms with van der Waals surface area (Å²) in [6.45, 7) is 7.20. The first-order chi connectivity index (χ1) is 15.4. The Morgan fingerprint density at radius 2 is 1.88 bits per heavy atom. The van der Waals surface area contributed by atoms with E-state index in [2.05, 4.69) is 15.5 Å². The molecule has 4 rings (SSSR count). The summed E-state index contributed by atoms with van der Waals surface area (Å²) < 4.78 is 5.56. The molecule has 0 atom stereocenters. The summed E-state index contributed by atoms with van der Waals surface area (Å²) in [4.78, 5) is 31.0. The van der Waals surface area contributed by atoms with Gasteiger partial charge in [0.1, 0.15) is 0 Å². The van der Waals surface area contributed by atoms with Crippen molar-refractivity contribution in [1.29, 1.82) is 0 Å². The Labute approximate surface area is 187 Å². The predicted octanol–water partition coefficient (Wildman–Crippen LogP) is 4.72. The number of amides is 2. The van der Waals surface area contributed by atoms with Crippen LogP contribution in [0.25, 0.3) is 11.4 Å². The second kappa shape index (κ2) is 9.34. The van der Waals surface area contributed by atoms with Crippen LogP contribution in [-0.2, 0) is 4.79 Å². The van der Waals surface area contributed by atoms with Crippen molar-refractivity contribution in [2.24, 2.45) is 0 Å². The first-order valence-electron chi connectivity index (χ1n) is 11.0. The lowest BCUT2D eigenvalue weighted by molar-refractivity contribution is -0.115. The quantitative estimate of drug-likeness (QED) is 0.630. The Hall–Kier alpha value is -3.48. The van der Waals surface area contributed by atoms with Crippen molar-refractivity contribution in [3.05, 3.63) is 65.0 Å². The van der Waals surface area contributed by atoms with Crippen LogP contribution in [0.15, 0.2) is 47.0 Å². The number of rotatable bonds is 5. The highest BCUT2D eigenvalue weighted by molar-refractivity contribution is 5.94. The van der Waals surface area contributed by atoms with E-state index >= 15 is 0 Å². The molecule has 32 heavy (non-hydrogen) atoms. The van der Waals surface area contributed by atoms with Gasteiger partial charge in [0.05, 0.1) is 0 Å². The van der Waals surface area contributed by atoms with Crippen LogP contribution in [0.2, 0.25) is 0 Å². The van der Waals surface area contributed by atoms with Gasteiger partial charge in [0, 0.05) is 42.2 Å². The van der Waals surface area contributed by atoms with E-state index in [1.165, 1.54) is 5.56 Å². The van der Waals surface area contributed by atoms with E-state index < -0.39 is 0 Å². The zero-order valence-corrected chi connectivity index (χ0v) is 18.7. The molecule has 1 N–H and O–H groups in total. The van der Waals surface area contributed by atoms with Crippen molar-refractivity contribution >= 4 is 17.5 Å². The van der Waals surface area contributed by atoms with Crippen LogP contribution >= 0.6 is 0 Å². The molecular formula is C25H28N4O3. The van der Waals surface area contributed by atoms with Crippen LogP contribution < -0.4 is 5.32 Å². The SMILES string of the molecule is CCC(=O)Nc1cccc(-c2noc(C3CCN(C(=O)c4ccc(C)c(C)c4)CC3)n2)c1. The lowest BCUT2D eigenvalue weighted by atomic mass is 9.96. The van der Waals surface area contributed by atoms with Gasteiger partial charge in [-0.25, -0.2) is 0 Å². The highest BCUT2D eigenvalue weighted by atomic mass is 16.5. The number of nitrogens with one attached hydrogen (secondary N) is 1. The van der Waals surface area contributed by atoms with Crippen LogP contribution in [-0.4, -0.2) is 39.9 Å². The zero-order valence-electron chi connectivity index (χ0n) is 18.7. The molecule has 0 unspecified atom stereocenters. The summed E-state index contributed by atoms with van der Waals surface area (Å²) in [5, 5.41) is 6.99. The standard InChI is InChI=1S/C25H28N4O3/c1-4-22(30)26-21-7-5-6-19(15-21)23-27-24(32-28-23)18-10-12-29(13-11-18)25(31)20-9-8-16(2)17(3)14-20/h5-9,14-15,18H,4,10-13H2,1-3H3,(H,26,30). The average Bonchev–Trinajstić information content (AvgIpc) is 3.31. The summed E-state index contributed by atoms with van der Waals surface area (Å²) in [6, 6.07) is 13.3. The van der Waals surface area contributed by atoms with Gasteiger partial charge in [-0.05, 0) is 62.1 Å². The normalized spacial score (nSPS) is 14.4. The maximum atomic E-state index is 12.9. The molecule has 3 aromatic rings. The van der Waals surface area contributed by atoms with E-state index in [0.717, 1.165) is 29.5 Å². The largest absolute Gasteiger partial charge is 0.339 e. The number of anilines is 1. The molecule has 0 spiro atoms. The minimum atomic E-state index is -0.0435. The Bertz CT molecular complexity index is 1130. The van der Waals surface area contributed by atoms with E-state index in [1.807, 2.05) is 68.1 Å². The number of hydrogen-bond donors (Lipinski definition) is 1. The molecule has 7 nitrogen and oxygen atoms in total. The van der Waals surface area contributed by atoms with E-state index in [4.69, 9.17) is 4.52 Å². The fraction of sp³-hybridized carbons (Fsp3) is 0.360.